The van der Waals surface area contributed by atoms with Crippen molar-refractivity contribution >= 4 is 17.2 Å². The van der Waals surface area contributed by atoms with E-state index in [2.05, 4.69) is 43.7 Å². The average Bonchev–Trinajstić information content (AvgIpc) is 3.08. The lowest BCUT2D eigenvalue weighted by molar-refractivity contribution is -0.130. The number of carbonyl (C=O) groups excluding carboxylic acids is 1. The van der Waals surface area contributed by atoms with Crippen LogP contribution < -0.4 is 0 Å². The molecule has 2 aliphatic rings. The Morgan fingerprint density at radius 1 is 1.48 bits per heavy atom. The summed E-state index contributed by atoms with van der Waals surface area (Å²) < 4.78 is 5.43. The highest BCUT2D eigenvalue weighted by Gasteiger charge is 2.58. The number of aryl methyl sites for hydroxylation is 1. The maximum Gasteiger partial charge on any atom is 0.243 e. The van der Waals surface area contributed by atoms with Gasteiger partial charge in [-0.15, -0.1) is 0 Å². The van der Waals surface area contributed by atoms with E-state index in [4.69, 9.17) is 4.52 Å². The van der Waals surface area contributed by atoms with Gasteiger partial charge in [0.1, 0.15) is 0 Å². The number of amides is 1. The minimum Gasteiger partial charge on any atom is -0.338 e. The zero-order chi connectivity index (χ0) is 19.0. The smallest absolute Gasteiger partial charge is 0.243 e. The summed E-state index contributed by atoms with van der Waals surface area (Å²) in [6.45, 7) is 8.67. The normalized spacial score (nSPS) is 22.7. The predicted molar refractivity (Wildman–Crippen MR) is 104 cm³/mol. The number of aromatic nitrogens is 2. The molecule has 0 aromatic carbocycles. The van der Waals surface area contributed by atoms with Crippen molar-refractivity contribution in [3.05, 3.63) is 34.1 Å². The van der Waals surface area contributed by atoms with Crippen LogP contribution in [0.15, 0.2) is 21.3 Å². The summed E-state index contributed by atoms with van der Waals surface area (Å²) in [4.78, 5) is 21.3. The molecule has 0 radical (unpaired) electrons. The highest BCUT2D eigenvalue weighted by molar-refractivity contribution is 7.07. The third-order valence-corrected chi connectivity index (χ3v) is 7.09. The summed E-state index contributed by atoms with van der Waals surface area (Å²) in [6, 6.07) is 2.67. The summed E-state index contributed by atoms with van der Waals surface area (Å²) in [5.74, 6) is 1.69. The quantitative estimate of drug-likeness (QED) is 0.756. The highest BCUT2D eigenvalue weighted by atomic mass is 32.1. The van der Waals surface area contributed by atoms with Gasteiger partial charge in [0.25, 0.3) is 0 Å². The predicted octanol–water partition coefficient (Wildman–Crippen LogP) is 3.66. The maximum atomic E-state index is 12.3. The number of carbonyl (C=O) groups is 1. The lowest BCUT2D eigenvalue weighted by Crippen LogP contribution is -2.41. The maximum absolute atomic E-state index is 12.3. The van der Waals surface area contributed by atoms with Crippen LogP contribution in [0.3, 0.4) is 0 Å². The number of likely N-dealkylation sites (tertiary alicyclic amines) is 1. The first-order chi connectivity index (χ1) is 13.0. The molecular formula is C20H28N4O2S. The number of hydrogen-bond donors (Lipinski definition) is 0. The fourth-order valence-electron chi connectivity index (χ4n) is 4.42. The second-order valence-electron chi connectivity index (χ2n) is 7.98. The van der Waals surface area contributed by atoms with E-state index in [-0.39, 0.29) is 11.9 Å². The van der Waals surface area contributed by atoms with Crippen molar-refractivity contribution in [1.29, 1.82) is 0 Å². The summed E-state index contributed by atoms with van der Waals surface area (Å²) in [5, 5.41) is 8.25. The Morgan fingerprint density at radius 3 is 2.85 bits per heavy atom. The fraction of sp³-hybridized carbons (Fsp3) is 0.650. The second kappa shape index (κ2) is 7.36. The highest BCUT2D eigenvalue weighted by Crippen LogP contribution is 2.57. The Kier molecular flexibility index (Phi) is 5.07. The topological polar surface area (TPSA) is 62.5 Å². The Hall–Kier alpha value is -1.73. The minimum atomic E-state index is 0.155. The van der Waals surface area contributed by atoms with Gasteiger partial charge >= 0.3 is 0 Å². The van der Waals surface area contributed by atoms with E-state index >= 15 is 0 Å². The minimum absolute atomic E-state index is 0.155. The van der Waals surface area contributed by atoms with Gasteiger partial charge in [0.15, 0.2) is 5.82 Å². The lowest BCUT2D eigenvalue weighted by atomic mass is 9.91. The molecule has 1 saturated carbocycles. The van der Waals surface area contributed by atoms with Crippen LogP contribution >= 0.6 is 11.3 Å². The van der Waals surface area contributed by atoms with E-state index in [9.17, 15) is 4.79 Å². The molecule has 2 aromatic heterocycles. The van der Waals surface area contributed by atoms with Gasteiger partial charge in [0.2, 0.25) is 11.8 Å². The van der Waals surface area contributed by atoms with Gasteiger partial charge in [-0.05, 0) is 67.1 Å². The Bertz CT molecular complexity index is 780. The zero-order valence-corrected chi connectivity index (χ0v) is 17.2. The molecule has 1 aliphatic heterocycles. The van der Waals surface area contributed by atoms with Gasteiger partial charge < -0.3 is 9.42 Å². The summed E-state index contributed by atoms with van der Waals surface area (Å²) >= 11 is 1.69. The third-order valence-electron chi connectivity index (χ3n) is 6.36. The Morgan fingerprint density at radius 2 is 2.26 bits per heavy atom. The van der Waals surface area contributed by atoms with Gasteiger partial charge in [0, 0.05) is 25.9 Å². The van der Waals surface area contributed by atoms with E-state index < -0.39 is 0 Å². The van der Waals surface area contributed by atoms with Crippen LogP contribution in [0, 0.1) is 5.41 Å². The van der Waals surface area contributed by atoms with E-state index in [1.54, 1.807) is 18.3 Å². The molecule has 0 bridgehead atoms. The van der Waals surface area contributed by atoms with Crippen LogP contribution in [0.4, 0.5) is 0 Å². The number of thiophene rings is 1. The van der Waals surface area contributed by atoms with Crippen molar-refractivity contribution in [1.82, 2.24) is 19.9 Å². The standard InChI is InChI=1S/C20H28N4O2S/c1-4-18-21-19(26-22-18)14(2)23-8-6-20(7-9-23)11-17(20)24(15(3)25)12-16-5-10-27-13-16/h5,10,13-14,17H,4,6-9,11-12H2,1-3H3/t14-,17-/m1/s1. The van der Waals surface area contributed by atoms with Crippen LogP contribution in [-0.4, -0.2) is 45.0 Å². The zero-order valence-electron chi connectivity index (χ0n) is 16.4. The molecular weight excluding hydrogens is 360 g/mol. The molecule has 2 atom stereocenters. The van der Waals surface area contributed by atoms with Gasteiger partial charge in [-0.3, -0.25) is 9.69 Å². The van der Waals surface area contributed by atoms with Gasteiger partial charge in [-0.2, -0.15) is 16.3 Å². The number of piperidine rings is 1. The number of rotatable bonds is 6. The molecule has 0 N–H and O–H groups in total. The van der Waals surface area contributed by atoms with Gasteiger partial charge in [-0.25, -0.2) is 0 Å². The molecule has 1 spiro atoms. The molecule has 1 saturated heterocycles. The molecule has 6 nitrogen and oxygen atoms in total. The molecule has 3 heterocycles. The van der Waals surface area contributed by atoms with Crippen molar-refractivity contribution in [2.75, 3.05) is 13.1 Å². The summed E-state index contributed by atoms with van der Waals surface area (Å²) in [7, 11) is 0. The second-order valence-corrected chi connectivity index (χ2v) is 8.76. The molecule has 27 heavy (non-hydrogen) atoms. The third kappa shape index (κ3) is 3.67. The van der Waals surface area contributed by atoms with Crippen molar-refractivity contribution in [3.63, 3.8) is 0 Å². The van der Waals surface area contributed by atoms with Crippen molar-refractivity contribution in [2.24, 2.45) is 5.41 Å². The van der Waals surface area contributed by atoms with Gasteiger partial charge in [0.05, 0.1) is 6.04 Å². The van der Waals surface area contributed by atoms with E-state index in [1.165, 1.54) is 5.56 Å². The van der Waals surface area contributed by atoms with E-state index in [1.807, 2.05) is 6.92 Å². The van der Waals surface area contributed by atoms with Crippen LogP contribution in [-0.2, 0) is 17.8 Å². The fourth-order valence-corrected chi connectivity index (χ4v) is 5.08. The van der Waals surface area contributed by atoms with E-state index in [0.717, 1.165) is 57.0 Å². The monoisotopic (exact) mass is 388 g/mol. The molecule has 2 fully saturated rings. The average molecular weight is 389 g/mol. The van der Waals surface area contributed by atoms with Crippen molar-refractivity contribution < 1.29 is 9.32 Å². The summed E-state index contributed by atoms with van der Waals surface area (Å²) in [6.07, 6.45) is 4.19. The molecule has 7 heteroatoms. The van der Waals surface area contributed by atoms with Crippen LogP contribution in [0.2, 0.25) is 0 Å². The molecule has 1 amide bonds. The molecule has 4 rings (SSSR count). The first kappa shape index (κ1) is 18.6. The Balaban J connectivity index is 1.36. The SMILES string of the molecule is CCc1noc([C@@H](C)N2CCC3(CC2)C[C@H]3N(Cc2ccsc2)C(C)=O)n1. The largest absolute Gasteiger partial charge is 0.338 e. The number of nitrogens with zero attached hydrogens (tertiary/aromatic N) is 4. The first-order valence-corrected chi connectivity index (χ1v) is 10.8. The van der Waals surface area contributed by atoms with Crippen molar-refractivity contribution in [2.45, 2.75) is 65.1 Å². The molecule has 1 aliphatic carbocycles. The van der Waals surface area contributed by atoms with Crippen LogP contribution in [0.1, 0.15) is 63.4 Å². The molecule has 0 unspecified atom stereocenters. The van der Waals surface area contributed by atoms with Crippen LogP contribution in [0.25, 0.3) is 0 Å². The van der Waals surface area contributed by atoms with Gasteiger partial charge in [-0.1, -0.05) is 12.1 Å². The Labute approximate surface area is 164 Å². The number of hydrogen-bond acceptors (Lipinski definition) is 6. The molecule has 2 aromatic rings. The van der Waals surface area contributed by atoms with Crippen molar-refractivity contribution in [3.8, 4) is 0 Å². The lowest BCUT2D eigenvalue weighted by Gasteiger charge is -2.36. The summed E-state index contributed by atoms with van der Waals surface area (Å²) in [5.41, 5.74) is 1.55. The first-order valence-electron chi connectivity index (χ1n) is 9.87. The van der Waals surface area contributed by atoms with Crippen LogP contribution in [0.5, 0.6) is 0 Å². The van der Waals surface area contributed by atoms with E-state index in [0.29, 0.717) is 11.5 Å². The molecule has 146 valence electrons.